The monoisotopic (exact) mass is 360 g/mol. The van der Waals surface area contributed by atoms with Crippen molar-refractivity contribution in [2.75, 3.05) is 0 Å². The van der Waals surface area contributed by atoms with Gasteiger partial charge in [-0.2, -0.15) is 0 Å². The predicted octanol–water partition coefficient (Wildman–Crippen LogP) is 6.83. The van der Waals surface area contributed by atoms with Gasteiger partial charge in [0, 0.05) is 0 Å². The highest BCUT2D eigenvalue weighted by atomic mass is 16.3. The minimum absolute atomic E-state index is 0.0170. The molecule has 4 fully saturated rings. The van der Waals surface area contributed by atoms with Crippen molar-refractivity contribution in [1.29, 1.82) is 0 Å². The van der Waals surface area contributed by atoms with Gasteiger partial charge in [-0.05, 0) is 111 Å². The van der Waals surface area contributed by atoms with E-state index >= 15 is 0 Å². The van der Waals surface area contributed by atoms with Crippen molar-refractivity contribution >= 4 is 0 Å². The maximum absolute atomic E-state index is 10.1. The predicted molar refractivity (Wildman–Crippen MR) is 110 cm³/mol. The van der Waals surface area contributed by atoms with Crippen LogP contribution in [0.1, 0.15) is 104 Å². The second-order valence-corrected chi connectivity index (χ2v) is 11.4. The lowest BCUT2D eigenvalue weighted by Crippen LogP contribution is -2.49. The third-order valence-electron chi connectivity index (χ3n) is 9.71. The van der Waals surface area contributed by atoms with Crippen molar-refractivity contribution in [1.82, 2.24) is 0 Å². The normalized spacial score (nSPS) is 48.1. The molecule has 8 atom stereocenters. The molecular weight excluding hydrogens is 316 g/mol. The number of hydrogen-bond acceptors (Lipinski definition) is 1. The molecule has 4 rings (SSSR count). The first-order chi connectivity index (χ1) is 12.5. The molecule has 0 bridgehead atoms. The Morgan fingerprint density at radius 3 is 2.50 bits per heavy atom. The van der Waals surface area contributed by atoms with Gasteiger partial charge in [0.1, 0.15) is 0 Å². The van der Waals surface area contributed by atoms with E-state index in [0.717, 1.165) is 54.3 Å². The van der Waals surface area contributed by atoms with Crippen LogP contribution in [-0.2, 0) is 0 Å². The quantitative estimate of drug-likeness (QED) is 0.532. The van der Waals surface area contributed by atoms with Crippen molar-refractivity contribution in [3.8, 4) is 0 Å². The highest BCUT2D eigenvalue weighted by Crippen LogP contribution is 2.64. The lowest BCUT2D eigenvalue weighted by Gasteiger charge is -2.56. The summed E-state index contributed by atoms with van der Waals surface area (Å²) in [6.45, 7) is 7.44. The first-order valence-corrected chi connectivity index (χ1v) is 12.2. The number of hydrogen-bond donors (Lipinski definition) is 1. The third-order valence-corrected chi connectivity index (χ3v) is 9.71. The minimum Gasteiger partial charge on any atom is -0.393 e. The Bertz CT molecular complexity index is 471. The molecule has 4 saturated carbocycles. The zero-order valence-electron chi connectivity index (χ0n) is 17.8. The van der Waals surface area contributed by atoms with E-state index in [-0.39, 0.29) is 6.10 Å². The Morgan fingerprint density at radius 2 is 1.69 bits per heavy atom. The standard InChI is InChI=1S/C25H44O/c1-17(2)6-4-5-7-19-9-13-24-23-11-8-18-16-20(26)10-12-21(18)22(23)14-15-25(19,24)3/h17-24,26H,4-16H2,1-3H3/t18?,19-,20?,21?,22?,23?,24?,25?/m0/s1. The Labute approximate surface area is 162 Å². The summed E-state index contributed by atoms with van der Waals surface area (Å²) in [5.74, 6) is 6.80. The molecular formula is C25H44O. The second kappa shape index (κ2) is 7.76. The second-order valence-electron chi connectivity index (χ2n) is 11.4. The van der Waals surface area contributed by atoms with E-state index in [1.54, 1.807) is 0 Å². The molecule has 7 unspecified atom stereocenters. The van der Waals surface area contributed by atoms with Crippen molar-refractivity contribution in [2.24, 2.45) is 46.8 Å². The largest absolute Gasteiger partial charge is 0.393 e. The third kappa shape index (κ3) is 3.51. The molecule has 150 valence electrons. The number of aliphatic hydroxyl groups is 1. The molecule has 0 amide bonds. The number of aliphatic hydroxyl groups excluding tert-OH is 1. The van der Waals surface area contributed by atoms with Crippen LogP contribution in [0.4, 0.5) is 0 Å². The van der Waals surface area contributed by atoms with Gasteiger partial charge in [0.15, 0.2) is 0 Å². The van der Waals surface area contributed by atoms with Gasteiger partial charge in [0.2, 0.25) is 0 Å². The van der Waals surface area contributed by atoms with Crippen molar-refractivity contribution < 1.29 is 5.11 Å². The van der Waals surface area contributed by atoms with Crippen LogP contribution in [0.25, 0.3) is 0 Å². The van der Waals surface area contributed by atoms with Gasteiger partial charge >= 0.3 is 0 Å². The Morgan fingerprint density at radius 1 is 0.885 bits per heavy atom. The fourth-order valence-corrected chi connectivity index (χ4v) is 8.35. The average molecular weight is 361 g/mol. The fourth-order valence-electron chi connectivity index (χ4n) is 8.35. The summed E-state index contributed by atoms with van der Waals surface area (Å²) >= 11 is 0. The van der Waals surface area contributed by atoms with E-state index in [2.05, 4.69) is 20.8 Å². The van der Waals surface area contributed by atoms with E-state index in [1.807, 2.05) is 0 Å². The van der Waals surface area contributed by atoms with Crippen LogP contribution in [0.3, 0.4) is 0 Å². The molecule has 0 aromatic rings. The molecule has 1 heteroatoms. The molecule has 0 aliphatic heterocycles. The lowest BCUT2D eigenvalue weighted by molar-refractivity contribution is -0.0778. The molecule has 0 radical (unpaired) electrons. The molecule has 26 heavy (non-hydrogen) atoms. The molecule has 1 N–H and O–H groups in total. The summed E-state index contributed by atoms with van der Waals surface area (Å²) in [7, 11) is 0. The van der Waals surface area contributed by atoms with E-state index in [9.17, 15) is 5.11 Å². The van der Waals surface area contributed by atoms with Gasteiger partial charge in [-0.3, -0.25) is 0 Å². The molecule has 4 aliphatic rings. The highest BCUT2D eigenvalue weighted by Gasteiger charge is 2.56. The summed E-state index contributed by atoms with van der Waals surface area (Å²) < 4.78 is 0. The van der Waals surface area contributed by atoms with Crippen LogP contribution in [0.15, 0.2) is 0 Å². The molecule has 0 spiro atoms. The SMILES string of the molecule is CC(C)CCCC[C@H]1CCC2C3CCC4CC(O)CCC4C3CCC21C. The van der Waals surface area contributed by atoms with Gasteiger partial charge in [0.25, 0.3) is 0 Å². The summed E-state index contributed by atoms with van der Waals surface area (Å²) in [5, 5.41) is 10.1. The topological polar surface area (TPSA) is 20.2 Å². The number of rotatable bonds is 5. The summed E-state index contributed by atoms with van der Waals surface area (Å²) in [6.07, 6.45) is 18.4. The van der Waals surface area contributed by atoms with Crippen LogP contribution in [0.2, 0.25) is 0 Å². The molecule has 0 aromatic heterocycles. The van der Waals surface area contributed by atoms with E-state index in [0.29, 0.717) is 5.41 Å². The first-order valence-electron chi connectivity index (χ1n) is 12.2. The van der Waals surface area contributed by atoms with Gasteiger partial charge < -0.3 is 5.11 Å². The first kappa shape index (κ1) is 19.3. The van der Waals surface area contributed by atoms with Crippen LogP contribution >= 0.6 is 0 Å². The van der Waals surface area contributed by atoms with E-state index in [4.69, 9.17) is 0 Å². The molecule has 0 aromatic carbocycles. The maximum Gasteiger partial charge on any atom is 0.0543 e. The van der Waals surface area contributed by atoms with Gasteiger partial charge in [-0.25, -0.2) is 0 Å². The van der Waals surface area contributed by atoms with Gasteiger partial charge in [0.05, 0.1) is 6.10 Å². The molecule has 0 heterocycles. The van der Waals surface area contributed by atoms with Crippen LogP contribution in [-0.4, -0.2) is 11.2 Å². The van der Waals surface area contributed by atoms with Crippen molar-refractivity contribution in [2.45, 2.75) is 110 Å². The van der Waals surface area contributed by atoms with Crippen LogP contribution in [0, 0.1) is 46.8 Å². The molecule has 4 aliphatic carbocycles. The van der Waals surface area contributed by atoms with Crippen molar-refractivity contribution in [3.05, 3.63) is 0 Å². The minimum atomic E-state index is 0.0170. The fraction of sp³-hybridized carbons (Fsp3) is 1.00. The van der Waals surface area contributed by atoms with Crippen LogP contribution in [0.5, 0.6) is 0 Å². The summed E-state index contributed by atoms with van der Waals surface area (Å²) in [5.41, 5.74) is 0.667. The molecule has 1 nitrogen and oxygen atoms in total. The van der Waals surface area contributed by atoms with Gasteiger partial charge in [-0.15, -0.1) is 0 Å². The average Bonchev–Trinajstić information content (AvgIpc) is 2.94. The maximum atomic E-state index is 10.1. The smallest absolute Gasteiger partial charge is 0.0543 e. The molecule has 0 saturated heterocycles. The zero-order valence-corrected chi connectivity index (χ0v) is 17.8. The summed E-state index contributed by atoms with van der Waals surface area (Å²) in [6, 6.07) is 0. The lowest BCUT2D eigenvalue weighted by atomic mass is 9.49. The zero-order chi connectivity index (χ0) is 18.3. The number of unbranched alkanes of at least 4 members (excludes halogenated alkanes) is 1. The van der Waals surface area contributed by atoms with Crippen LogP contribution < -0.4 is 0 Å². The summed E-state index contributed by atoms with van der Waals surface area (Å²) in [4.78, 5) is 0. The number of fused-ring (bicyclic) bond motifs is 5. The van der Waals surface area contributed by atoms with E-state index in [1.165, 1.54) is 70.6 Å². The highest BCUT2D eigenvalue weighted by molar-refractivity contribution is 5.05. The Hall–Kier alpha value is -0.0400. The Kier molecular flexibility index (Phi) is 5.76. The Balaban J connectivity index is 1.38. The van der Waals surface area contributed by atoms with Crippen molar-refractivity contribution in [3.63, 3.8) is 0 Å². The van der Waals surface area contributed by atoms with Gasteiger partial charge in [-0.1, -0.05) is 40.0 Å². The van der Waals surface area contributed by atoms with E-state index < -0.39 is 0 Å².